The fraction of sp³-hybridized carbons (Fsp3) is 0.886. The molecule has 0 aliphatic heterocycles. The molecule has 0 saturated heterocycles. The number of carbonyl (C=O) groups excluding carboxylic acids is 1. The molecule has 0 heterocycles. The molecule has 2 atom stereocenters. The van der Waals surface area contributed by atoms with E-state index in [1.807, 2.05) is 6.08 Å². The fourth-order valence-electron chi connectivity index (χ4n) is 12.3. The molecule has 0 fully saturated rings. The molecule has 2 unspecified atom stereocenters. The van der Waals surface area contributed by atoms with E-state index in [9.17, 15) is 15.0 Å². The van der Waals surface area contributed by atoms with Crippen LogP contribution in [0.5, 0.6) is 0 Å². The lowest BCUT2D eigenvalue weighted by Gasteiger charge is -2.20. The summed E-state index contributed by atoms with van der Waals surface area (Å²) in [4.78, 5) is 12.6. The first-order chi connectivity index (χ1) is 41.2. The summed E-state index contributed by atoms with van der Waals surface area (Å²) < 4.78 is 0. The van der Waals surface area contributed by atoms with Gasteiger partial charge in [0.25, 0.3) is 0 Å². The van der Waals surface area contributed by atoms with Crippen LogP contribution in [0.3, 0.4) is 0 Å². The minimum absolute atomic E-state index is 0.0546. The predicted octanol–water partition coefficient (Wildman–Crippen LogP) is 26.4. The molecule has 83 heavy (non-hydrogen) atoms. The van der Waals surface area contributed by atoms with Crippen molar-refractivity contribution in [3.05, 3.63) is 48.6 Å². The molecule has 0 aliphatic carbocycles. The first kappa shape index (κ1) is 81.3. The number of hydrogen-bond acceptors (Lipinski definition) is 3. The van der Waals surface area contributed by atoms with Crippen molar-refractivity contribution in [2.75, 3.05) is 6.61 Å². The molecule has 0 radical (unpaired) electrons. The van der Waals surface area contributed by atoms with E-state index in [1.54, 1.807) is 6.08 Å². The number of hydrogen-bond donors (Lipinski definition) is 3. The van der Waals surface area contributed by atoms with Crippen molar-refractivity contribution in [2.45, 2.75) is 443 Å². The van der Waals surface area contributed by atoms with Gasteiger partial charge in [0.15, 0.2) is 0 Å². The number of unbranched alkanes of at least 4 members (excludes halogenated alkanes) is 59. The van der Waals surface area contributed by atoms with Gasteiger partial charge in [0.2, 0.25) is 5.91 Å². The van der Waals surface area contributed by atoms with Crippen molar-refractivity contribution in [3.8, 4) is 0 Å². The largest absolute Gasteiger partial charge is 0.394 e. The normalized spacial score (nSPS) is 12.9. The van der Waals surface area contributed by atoms with Crippen molar-refractivity contribution in [1.82, 2.24) is 5.32 Å². The lowest BCUT2D eigenvalue weighted by molar-refractivity contribution is -0.123. The van der Waals surface area contributed by atoms with E-state index in [2.05, 4.69) is 55.6 Å². The average Bonchev–Trinajstić information content (AvgIpc) is 3.51. The van der Waals surface area contributed by atoms with Gasteiger partial charge in [0.05, 0.1) is 18.8 Å². The molecule has 0 aromatic rings. The summed E-state index contributed by atoms with van der Waals surface area (Å²) in [5, 5.41) is 23.3. The van der Waals surface area contributed by atoms with E-state index in [4.69, 9.17) is 0 Å². The molecule has 3 N–H and O–H groups in total. The van der Waals surface area contributed by atoms with Crippen LogP contribution < -0.4 is 5.32 Å². The zero-order chi connectivity index (χ0) is 59.8. The zero-order valence-corrected chi connectivity index (χ0v) is 56.7. The highest BCUT2D eigenvalue weighted by Gasteiger charge is 2.18. The lowest BCUT2D eigenvalue weighted by Crippen LogP contribution is -2.45. The number of allylic oxidation sites excluding steroid dienone is 7. The Bertz CT molecular complexity index is 1320. The van der Waals surface area contributed by atoms with E-state index >= 15 is 0 Å². The highest BCUT2D eigenvalue weighted by molar-refractivity contribution is 5.76. The standard InChI is InChI=1S/C79H151NO3/c1-3-5-7-9-11-13-15-17-19-21-23-25-27-29-31-33-35-36-37-38-39-40-41-42-43-44-45-47-49-51-53-55-57-59-61-63-65-67-69-71-73-75-79(83)80-77(76-81)78(82)74-72-70-68-66-64-62-60-58-56-54-52-50-48-46-34-32-30-28-26-24-22-20-18-16-14-12-10-8-6-4-2/h15,17,21,23,27,29,72,74,77-78,81-82H,3-14,16,18-20,22,24-26,28,30-71,73,75-76H2,1-2H3,(H,80,83)/b17-15-,23-21-,29-27-,74-72+. The zero-order valence-electron chi connectivity index (χ0n) is 56.7. The predicted molar refractivity (Wildman–Crippen MR) is 373 cm³/mol. The molecule has 1 amide bonds. The van der Waals surface area contributed by atoms with Crippen LogP contribution >= 0.6 is 0 Å². The van der Waals surface area contributed by atoms with Gasteiger partial charge >= 0.3 is 0 Å². The summed E-state index contributed by atoms with van der Waals surface area (Å²) in [6.07, 6.45) is 105. The van der Waals surface area contributed by atoms with Gasteiger partial charge in [-0.3, -0.25) is 4.79 Å². The van der Waals surface area contributed by atoms with Crippen LogP contribution in [-0.2, 0) is 4.79 Å². The van der Waals surface area contributed by atoms with Gasteiger partial charge in [-0.05, 0) is 57.8 Å². The minimum atomic E-state index is -0.840. The summed E-state index contributed by atoms with van der Waals surface area (Å²) in [5.41, 5.74) is 0. The molecule has 0 spiro atoms. The summed E-state index contributed by atoms with van der Waals surface area (Å²) in [6, 6.07) is -0.623. The topological polar surface area (TPSA) is 69.6 Å². The molecule has 0 aliphatic rings. The first-order valence-corrected chi connectivity index (χ1v) is 38.4. The van der Waals surface area contributed by atoms with Crippen LogP contribution in [0.25, 0.3) is 0 Å². The third kappa shape index (κ3) is 71.0. The number of aliphatic hydroxyl groups excluding tert-OH is 2. The molecular formula is C79H151NO3. The highest BCUT2D eigenvalue weighted by atomic mass is 16.3. The summed E-state index contributed by atoms with van der Waals surface area (Å²) in [6.45, 7) is 4.35. The molecule has 0 aromatic carbocycles. The lowest BCUT2D eigenvalue weighted by atomic mass is 10.0. The van der Waals surface area contributed by atoms with Crippen LogP contribution in [-0.4, -0.2) is 34.9 Å². The van der Waals surface area contributed by atoms with Crippen molar-refractivity contribution >= 4 is 5.91 Å². The Balaban J connectivity index is 3.39. The number of amides is 1. The van der Waals surface area contributed by atoms with Gasteiger partial charge in [0.1, 0.15) is 0 Å². The third-order valence-corrected chi connectivity index (χ3v) is 18.1. The summed E-state index contributed by atoms with van der Waals surface area (Å²) in [7, 11) is 0. The maximum Gasteiger partial charge on any atom is 0.220 e. The number of carbonyl (C=O) groups is 1. The van der Waals surface area contributed by atoms with Gasteiger partial charge in [-0.25, -0.2) is 0 Å². The van der Waals surface area contributed by atoms with Crippen LogP contribution in [0.2, 0.25) is 0 Å². The highest BCUT2D eigenvalue weighted by Crippen LogP contribution is 2.20. The van der Waals surface area contributed by atoms with Crippen molar-refractivity contribution < 1.29 is 15.0 Å². The van der Waals surface area contributed by atoms with Crippen LogP contribution in [0.15, 0.2) is 48.6 Å². The molecule has 0 aromatic heterocycles. The molecule has 0 rings (SSSR count). The van der Waals surface area contributed by atoms with E-state index in [-0.39, 0.29) is 12.5 Å². The SMILES string of the molecule is CCCCCCC/C=C\C/C=C\C/C=C\CCCCCCCCCCCCCCCCCCCCCCCCCCCCC(=O)NC(CO)C(O)/C=C/CCCCCCCCCCCCCCCCCCCCCCCCCCCCCC. The monoisotopic (exact) mass is 1160 g/mol. The van der Waals surface area contributed by atoms with Crippen molar-refractivity contribution in [3.63, 3.8) is 0 Å². The molecule has 490 valence electrons. The minimum Gasteiger partial charge on any atom is -0.394 e. The van der Waals surface area contributed by atoms with Crippen LogP contribution in [0.1, 0.15) is 431 Å². The second kappa shape index (κ2) is 74.6. The number of nitrogens with one attached hydrogen (secondary N) is 1. The van der Waals surface area contributed by atoms with E-state index in [1.165, 1.54) is 372 Å². The Morgan fingerprint density at radius 1 is 0.289 bits per heavy atom. The first-order valence-electron chi connectivity index (χ1n) is 38.4. The molecular weight excluding hydrogens is 1010 g/mol. The molecule has 4 heteroatoms. The van der Waals surface area contributed by atoms with E-state index in [0.29, 0.717) is 6.42 Å². The van der Waals surface area contributed by atoms with Gasteiger partial charge in [-0.15, -0.1) is 0 Å². The van der Waals surface area contributed by atoms with Gasteiger partial charge in [0, 0.05) is 6.42 Å². The molecule has 0 bridgehead atoms. The third-order valence-electron chi connectivity index (χ3n) is 18.1. The Morgan fingerprint density at radius 3 is 0.735 bits per heavy atom. The smallest absolute Gasteiger partial charge is 0.220 e. The van der Waals surface area contributed by atoms with Crippen molar-refractivity contribution in [2.24, 2.45) is 0 Å². The maximum atomic E-state index is 12.6. The molecule has 0 saturated carbocycles. The van der Waals surface area contributed by atoms with Crippen LogP contribution in [0, 0.1) is 0 Å². The van der Waals surface area contributed by atoms with Crippen molar-refractivity contribution in [1.29, 1.82) is 0 Å². The number of aliphatic hydroxyl groups is 2. The summed E-state index contributed by atoms with van der Waals surface area (Å²) >= 11 is 0. The maximum absolute atomic E-state index is 12.6. The Kier molecular flexibility index (Phi) is 73.1. The number of rotatable bonds is 72. The second-order valence-corrected chi connectivity index (χ2v) is 26.4. The Hall–Kier alpha value is -1.65. The van der Waals surface area contributed by atoms with E-state index < -0.39 is 12.1 Å². The quantitative estimate of drug-likeness (QED) is 0.0420. The Labute approximate surface area is 522 Å². The van der Waals surface area contributed by atoms with Gasteiger partial charge in [-0.2, -0.15) is 0 Å². The average molecular weight is 1160 g/mol. The van der Waals surface area contributed by atoms with Gasteiger partial charge < -0.3 is 15.5 Å². The molecule has 4 nitrogen and oxygen atoms in total. The van der Waals surface area contributed by atoms with Gasteiger partial charge in [-0.1, -0.05) is 416 Å². The Morgan fingerprint density at radius 2 is 0.494 bits per heavy atom. The summed E-state index contributed by atoms with van der Waals surface area (Å²) in [5.74, 6) is -0.0546. The van der Waals surface area contributed by atoms with E-state index in [0.717, 1.165) is 38.5 Å². The fourth-order valence-corrected chi connectivity index (χ4v) is 12.3. The second-order valence-electron chi connectivity index (χ2n) is 26.4. The van der Waals surface area contributed by atoms with Crippen LogP contribution in [0.4, 0.5) is 0 Å².